The molecule has 0 aliphatic heterocycles. The third kappa shape index (κ3) is 5.38. The summed E-state index contributed by atoms with van der Waals surface area (Å²) in [5, 5.41) is 11.3. The Bertz CT molecular complexity index is 565. The number of aliphatic carboxylic acids is 1. The van der Waals surface area contributed by atoms with Crippen LogP contribution in [0.2, 0.25) is 0 Å². The third-order valence-electron chi connectivity index (χ3n) is 3.34. The van der Waals surface area contributed by atoms with E-state index in [1.165, 1.54) is 18.2 Å². The molecule has 0 heterocycles. The van der Waals surface area contributed by atoms with Crippen molar-refractivity contribution < 1.29 is 19.1 Å². The van der Waals surface area contributed by atoms with Crippen molar-refractivity contribution in [2.45, 2.75) is 27.2 Å². The maximum atomic E-state index is 13.7. The number of halogens is 1. The summed E-state index contributed by atoms with van der Waals surface area (Å²) >= 11 is 0. The summed E-state index contributed by atoms with van der Waals surface area (Å²) in [5.41, 5.74) is 0.306. The van der Waals surface area contributed by atoms with Crippen molar-refractivity contribution in [2.24, 2.45) is 5.41 Å². The molecule has 114 valence electrons. The molecule has 1 aromatic rings. The Labute approximate surface area is 123 Å². The van der Waals surface area contributed by atoms with Crippen molar-refractivity contribution in [3.63, 3.8) is 0 Å². The lowest BCUT2D eigenvalue weighted by atomic mass is 9.90. The Morgan fingerprint density at radius 1 is 1.38 bits per heavy atom. The summed E-state index contributed by atoms with van der Waals surface area (Å²) in [7, 11) is 0. The van der Waals surface area contributed by atoms with Crippen molar-refractivity contribution in [3.8, 4) is 0 Å². The molecule has 2 N–H and O–H groups in total. The van der Waals surface area contributed by atoms with E-state index in [2.05, 4.69) is 5.32 Å². The van der Waals surface area contributed by atoms with Gasteiger partial charge in [-0.15, -0.1) is 0 Å². The summed E-state index contributed by atoms with van der Waals surface area (Å²) in [6.45, 7) is 6.48. The van der Waals surface area contributed by atoms with Gasteiger partial charge in [0.25, 0.3) is 5.91 Å². The smallest absolute Gasteiger partial charge is 0.328 e. The van der Waals surface area contributed by atoms with E-state index in [-0.39, 0.29) is 11.0 Å². The van der Waals surface area contributed by atoms with Crippen molar-refractivity contribution >= 4 is 18.0 Å². The van der Waals surface area contributed by atoms with Gasteiger partial charge in [0.05, 0.1) is 5.56 Å². The Morgan fingerprint density at radius 3 is 2.62 bits per heavy atom. The summed E-state index contributed by atoms with van der Waals surface area (Å²) in [4.78, 5) is 22.5. The molecule has 0 spiro atoms. The zero-order chi connectivity index (χ0) is 16.0. The molecule has 0 aliphatic rings. The molecule has 0 saturated carbocycles. The molecule has 1 aromatic carbocycles. The van der Waals surface area contributed by atoms with Crippen LogP contribution < -0.4 is 5.32 Å². The molecule has 21 heavy (non-hydrogen) atoms. The number of rotatable bonds is 6. The SMILES string of the molecule is CCC(C)(C)CNC(=O)c1cc(/C=C/C(=O)O)ccc1F. The second kappa shape index (κ2) is 7.02. The van der Waals surface area contributed by atoms with Gasteiger partial charge in [0.2, 0.25) is 0 Å². The number of amides is 1. The van der Waals surface area contributed by atoms with Crippen LogP contribution in [0, 0.1) is 11.2 Å². The predicted molar refractivity (Wildman–Crippen MR) is 79.5 cm³/mol. The number of nitrogens with one attached hydrogen (secondary N) is 1. The minimum atomic E-state index is -1.10. The van der Waals surface area contributed by atoms with E-state index < -0.39 is 17.7 Å². The highest BCUT2D eigenvalue weighted by atomic mass is 19.1. The molecule has 1 rings (SSSR count). The fourth-order valence-electron chi connectivity index (χ4n) is 1.53. The van der Waals surface area contributed by atoms with Gasteiger partial charge in [-0.1, -0.05) is 26.8 Å². The molecular formula is C16H20FNO3. The van der Waals surface area contributed by atoms with E-state index in [9.17, 15) is 14.0 Å². The van der Waals surface area contributed by atoms with E-state index in [1.807, 2.05) is 20.8 Å². The number of carbonyl (C=O) groups excluding carboxylic acids is 1. The summed E-state index contributed by atoms with van der Waals surface area (Å²) in [5.74, 6) is -2.23. The molecule has 0 radical (unpaired) electrons. The zero-order valence-electron chi connectivity index (χ0n) is 12.4. The van der Waals surface area contributed by atoms with Gasteiger partial charge in [-0.05, 0) is 35.6 Å². The summed E-state index contributed by atoms with van der Waals surface area (Å²) < 4.78 is 13.7. The van der Waals surface area contributed by atoms with Gasteiger partial charge in [-0.2, -0.15) is 0 Å². The van der Waals surface area contributed by atoms with Crippen LogP contribution in [0.4, 0.5) is 4.39 Å². The summed E-state index contributed by atoms with van der Waals surface area (Å²) in [6.07, 6.45) is 3.14. The predicted octanol–water partition coefficient (Wildman–Crippen LogP) is 3.09. The van der Waals surface area contributed by atoms with E-state index in [0.29, 0.717) is 12.1 Å². The molecule has 0 unspecified atom stereocenters. The van der Waals surface area contributed by atoms with Crippen LogP contribution in [-0.2, 0) is 4.79 Å². The number of hydrogen-bond donors (Lipinski definition) is 2. The van der Waals surface area contributed by atoms with Gasteiger partial charge < -0.3 is 10.4 Å². The molecule has 0 bridgehead atoms. The van der Waals surface area contributed by atoms with Crippen molar-refractivity contribution in [1.29, 1.82) is 0 Å². The Kier molecular flexibility index (Phi) is 5.64. The minimum absolute atomic E-state index is 0.0625. The van der Waals surface area contributed by atoms with Crippen LogP contribution >= 0.6 is 0 Å². The van der Waals surface area contributed by atoms with Crippen molar-refractivity contribution in [2.75, 3.05) is 6.54 Å². The highest BCUT2D eigenvalue weighted by Crippen LogP contribution is 2.18. The van der Waals surface area contributed by atoms with E-state index in [0.717, 1.165) is 18.6 Å². The van der Waals surface area contributed by atoms with Crippen LogP contribution in [0.1, 0.15) is 43.1 Å². The first-order valence-electron chi connectivity index (χ1n) is 6.74. The highest BCUT2D eigenvalue weighted by molar-refractivity contribution is 5.95. The van der Waals surface area contributed by atoms with Crippen LogP contribution in [-0.4, -0.2) is 23.5 Å². The van der Waals surface area contributed by atoms with Gasteiger partial charge in [-0.3, -0.25) is 4.79 Å². The number of hydrogen-bond acceptors (Lipinski definition) is 2. The lowest BCUT2D eigenvalue weighted by Crippen LogP contribution is -2.34. The highest BCUT2D eigenvalue weighted by Gasteiger charge is 2.18. The first-order chi connectivity index (χ1) is 9.75. The maximum Gasteiger partial charge on any atom is 0.328 e. The number of benzene rings is 1. The minimum Gasteiger partial charge on any atom is -0.478 e. The monoisotopic (exact) mass is 293 g/mol. The first kappa shape index (κ1) is 16.9. The average Bonchev–Trinajstić information content (AvgIpc) is 2.44. The maximum absolute atomic E-state index is 13.7. The Hall–Kier alpha value is -2.17. The van der Waals surface area contributed by atoms with E-state index in [1.54, 1.807) is 0 Å². The second-order valence-electron chi connectivity index (χ2n) is 5.61. The molecule has 0 aliphatic carbocycles. The van der Waals surface area contributed by atoms with Crippen LogP contribution in [0.5, 0.6) is 0 Å². The van der Waals surface area contributed by atoms with Crippen LogP contribution in [0.3, 0.4) is 0 Å². The van der Waals surface area contributed by atoms with E-state index >= 15 is 0 Å². The normalized spacial score (nSPS) is 11.6. The molecular weight excluding hydrogens is 273 g/mol. The molecule has 5 heteroatoms. The van der Waals surface area contributed by atoms with E-state index in [4.69, 9.17) is 5.11 Å². The standard InChI is InChI=1S/C16H20FNO3/c1-4-16(2,3)10-18-15(21)12-9-11(5-7-13(12)17)6-8-14(19)20/h5-9H,4,10H2,1-3H3,(H,18,21)(H,19,20)/b8-6+. The summed E-state index contributed by atoms with van der Waals surface area (Å²) in [6, 6.07) is 3.91. The molecule has 0 saturated heterocycles. The molecule has 0 aromatic heterocycles. The lowest BCUT2D eigenvalue weighted by molar-refractivity contribution is -0.131. The quantitative estimate of drug-likeness (QED) is 0.792. The molecule has 4 nitrogen and oxygen atoms in total. The van der Waals surface area contributed by atoms with Crippen LogP contribution in [0.25, 0.3) is 6.08 Å². The first-order valence-corrected chi connectivity index (χ1v) is 6.74. The number of carboxylic acids is 1. The average molecular weight is 293 g/mol. The largest absolute Gasteiger partial charge is 0.478 e. The second-order valence-corrected chi connectivity index (χ2v) is 5.61. The van der Waals surface area contributed by atoms with Gasteiger partial charge in [-0.25, -0.2) is 9.18 Å². The Balaban J connectivity index is 2.88. The number of carbonyl (C=O) groups is 2. The molecule has 0 fully saturated rings. The lowest BCUT2D eigenvalue weighted by Gasteiger charge is -2.22. The fourth-order valence-corrected chi connectivity index (χ4v) is 1.53. The van der Waals surface area contributed by atoms with Crippen molar-refractivity contribution in [1.82, 2.24) is 5.32 Å². The molecule has 0 atom stereocenters. The van der Waals surface area contributed by atoms with Gasteiger partial charge in [0.15, 0.2) is 0 Å². The topological polar surface area (TPSA) is 66.4 Å². The van der Waals surface area contributed by atoms with Gasteiger partial charge >= 0.3 is 5.97 Å². The van der Waals surface area contributed by atoms with Gasteiger partial charge in [0.1, 0.15) is 5.82 Å². The zero-order valence-corrected chi connectivity index (χ0v) is 12.4. The molecule has 1 amide bonds. The van der Waals surface area contributed by atoms with Crippen molar-refractivity contribution in [3.05, 3.63) is 41.2 Å². The Morgan fingerprint density at radius 2 is 2.05 bits per heavy atom. The van der Waals surface area contributed by atoms with Crippen LogP contribution in [0.15, 0.2) is 24.3 Å². The fraction of sp³-hybridized carbons (Fsp3) is 0.375. The number of carboxylic acid groups (broad SMARTS) is 1. The van der Waals surface area contributed by atoms with Gasteiger partial charge in [0, 0.05) is 12.6 Å². The third-order valence-corrected chi connectivity index (χ3v) is 3.34.